The molecule has 168 valence electrons. The fraction of sp³-hybridized carbons (Fsp3) is 0.294. The van der Waals surface area contributed by atoms with E-state index in [2.05, 4.69) is 15.3 Å². The van der Waals surface area contributed by atoms with E-state index in [-0.39, 0.29) is 11.3 Å². The Bertz CT molecular complexity index is 1120. The monoisotopic (exact) mass is 480 g/mol. The number of sulfonamides is 1. The summed E-state index contributed by atoms with van der Waals surface area (Å²) in [6.07, 6.45) is -4.94. The van der Waals surface area contributed by atoms with E-state index < -0.39 is 49.7 Å². The Hall–Kier alpha value is -2.93. The summed E-state index contributed by atoms with van der Waals surface area (Å²) < 4.78 is 69.1. The van der Waals surface area contributed by atoms with Crippen molar-refractivity contribution < 1.29 is 35.9 Å². The van der Waals surface area contributed by atoms with Gasteiger partial charge in [-0.2, -0.15) is 21.6 Å². The number of ether oxygens (including phenoxy) is 1. The van der Waals surface area contributed by atoms with Gasteiger partial charge in [-0.15, -0.1) is 0 Å². The average Bonchev–Trinajstić information content (AvgIpc) is 2.58. The molecule has 0 fully saturated rings. The second-order valence-corrected chi connectivity index (χ2v) is 8.96. The van der Waals surface area contributed by atoms with Crippen molar-refractivity contribution in [1.29, 1.82) is 0 Å². The van der Waals surface area contributed by atoms with Crippen molar-refractivity contribution in [3.63, 3.8) is 0 Å². The number of alkyl halides is 3. The number of nitrogens with one attached hydrogen (secondary N) is 2. The molecule has 0 unspecified atom stereocenters. The summed E-state index contributed by atoms with van der Waals surface area (Å²) in [5, 5.41) is 0.957. The minimum Gasteiger partial charge on any atom is -0.443 e. The molecule has 14 heteroatoms. The highest BCUT2D eigenvalue weighted by Crippen LogP contribution is 2.29. The van der Waals surface area contributed by atoms with Gasteiger partial charge in [-0.25, -0.2) is 19.5 Å². The summed E-state index contributed by atoms with van der Waals surface area (Å²) in [7, 11) is -4.44. The summed E-state index contributed by atoms with van der Waals surface area (Å²) >= 11 is 5.67. The maximum atomic E-state index is 12.7. The molecule has 2 amide bonds. The highest BCUT2D eigenvalue weighted by Gasteiger charge is 2.33. The van der Waals surface area contributed by atoms with Crippen LogP contribution in [0.1, 0.15) is 36.8 Å². The molecule has 2 aromatic heterocycles. The van der Waals surface area contributed by atoms with Gasteiger partial charge in [-0.05, 0) is 39.0 Å². The molecule has 2 N–H and O–H groups in total. The minimum atomic E-state index is -4.74. The van der Waals surface area contributed by atoms with Gasteiger partial charge < -0.3 is 10.1 Å². The van der Waals surface area contributed by atoms with E-state index in [1.54, 1.807) is 4.72 Å². The van der Waals surface area contributed by atoms with Crippen LogP contribution in [0.5, 0.6) is 0 Å². The van der Waals surface area contributed by atoms with Crippen molar-refractivity contribution in [2.75, 3.05) is 5.32 Å². The SMILES string of the molecule is CC(C)(C)OC(=O)NS(=O)(=O)c1cc(NC(=O)c2ccc(C(F)(F)F)nc2Cl)ccn1. The van der Waals surface area contributed by atoms with Crippen LogP contribution in [-0.4, -0.2) is 36.0 Å². The van der Waals surface area contributed by atoms with Gasteiger partial charge in [0.05, 0.1) is 5.56 Å². The third kappa shape index (κ3) is 6.79. The van der Waals surface area contributed by atoms with Gasteiger partial charge in [0, 0.05) is 18.0 Å². The van der Waals surface area contributed by atoms with Gasteiger partial charge in [0.25, 0.3) is 15.9 Å². The quantitative estimate of drug-likeness (QED) is 0.640. The van der Waals surface area contributed by atoms with Crippen molar-refractivity contribution in [3.8, 4) is 0 Å². The maximum absolute atomic E-state index is 12.7. The summed E-state index contributed by atoms with van der Waals surface area (Å²) in [5.74, 6) is -0.944. The smallest absolute Gasteiger partial charge is 0.433 e. The number of anilines is 1. The van der Waals surface area contributed by atoms with Gasteiger partial charge in [0.15, 0.2) is 5.03 Å². The molecule has 2 rings (SSSR count). The Balaban J connectivity index is 2.20. The number of pyridine rings is 2. The van der Waals surface area contributed by atoms with Crippen LogP contribution < -0.4 is 10.0 Å². The summed E-state index contributed by atoms with van der Waals surface area (Å²) in [5.41, 5.74) is -2.68. The number of hydrogen-bond donors (Lipinski definition) is 2. The zero-order valence-corrected chi connectivity index (χ0v) is 17.8. The lowest BCUT2D eigenvalue weighted by atomic mass is 10.2. The highest BCUT2D eigenvalue weighted by atomic mass is 35.5. The van der Waals surface area contributed by atoms with E-state index in [1.807, 2.05) is 0 Å². The van der Waals surface area contributed by atoms with Crippen LogP contribution in [0.3, 0.4) is 0 Å². The second-order valence-electron chi connectivity index (χ2n) is 6.98. The van der Waals surface area contributed by atoms with Crippen LogP contribution in [0.15, 0.2) is 35.5 Å². The first kappa shape index (κ1) is 24.3. The summed E-state index contributed by atoms with van der Waals surface area (Å²) in [6.45, 7) is 4.61. The number of rotatable bonds is 4. The third-order valence-corrected chi connectivity index (χ3v) is 4.77. The van der Waals surface area contributed by atoms with E-state index in [4.69, 9.17) is 16.3 Å². The topological polar surface area (TPSA) is 127 Å². The largest absolute Gasteiger partial charge is 0.443 e. The molecule has 0 atom stereocenters. The zero-order valence-electron chi connectivity index (χ0n) is 16.2. The van der Waals surface area contributed by atoms with Gasteiger partial charge in [-0.3, -0.25) is 4.79 Å². The lowest BCUT2D eigenvalue weighted by Gasteiger charge is -2.19. The predicted octanol–water partition coefficient (Wildman–Crippen LogP) is 3.61. The Labute approximate surface area is 180 Å². The van der Waals surface area contributed by atoms with Crippen LogP contribution in [0.2, 0.25) is 5.15 Å². The predicted molar refractivity (Wildman–Crippen MR) is 103 cm³/mol. The van der Waals surface area contributed by atoms with Crippen molar-refractivity contribution in [2.45, 2.75) is 37.6 Å². The lowest BCUT2D eigenvalue weighted by Crippen LogP contribution is -2.36. The normalized spacial score (nSPS) is 12.2. The third-order valence-electron chi connectivity index (χ3n) is 3.27. The molecule has 31 heavy (non-hydrogen) atoms. The van der Waals surface area contributed by atoms with Crippen molar-refractivity contribution >= 4 is 39.3 Å². The van der Waals surface area contributed by atoms with Crippen LogP contribution in [0, 0.1) is 0 Å². The zero-order chi connectivity index (χ0) is 23.6. The fourth-order valence-corrected chi connectivity index (χ4v) is 3.14. The van der Waals surface area contributed by atoms with Gasteiger partial charge >= 0.3 is 12.3 Å². The van der Waals surface area contributed by atoms with Crippen LogP contribution in [-0.2, 0) is 20.9 Å². The van der Waals surface area contributed by atoms with E-state index in [9.17, 15) is 31.2 Å². The molecule has 0 saturated heterocycles. The van der Waals surface area contributed by atoms with Crippen LogP contribution in [0.25, 0.3) is 0 Å². The average molecular weight is 481 g/mol. The summed E-state index contributed by atoms with van der Waals surface area (Å²) in [6, 6.07) is 3.55. The molecule has 0 radical (unpaired) electrons. The van der Waals surface area contributed by atoms with Gasteiger partial charge in [-0.1, -0.05) is 11.6 Å². The highest BCUT2D eigenvalue weighted by molar-refractivity contribution is 7.90. The Kier molecular flexibility index (Phi) is 6.81. The molecule has 0 aliphatic rings. The minimum absolute atomic E-state index is 0.0828. The number of nitrogens with zero attached hydrogens (tertiary/aromatic N) is 2. The molecule has 0 aliphatic carbocycles. The van der Waals surface area contributed by atoms with Crippen molar-refractivity contribution in [2.24, 2.45) is 0 Å². The molecular weight excluding hydrogens is 465 g/mol. The molecular formula is C17H16ClF3N4O5S. The number of halogens is 4. The van der Waals surface area contributed by atoms with Gasteiger partial charge in [0.1, 0.15) is 16.4 Å². The summed E-state index contributed by atoms with van der Waals surface area (Å²) in [4.78, 5) is 30.8. The van der Waals surface area contributed by atoms with E-state index >= 15 is 0 Å². The fourth-order valence-electron chi connectivity index (χ4n) is 2.06. The molecule has 0 bridgehead atoms. The van der Waals surface area contributed by atoms with E-state index in [0.717, 1.165) is 18.3 Å². The Morgan fingerprint density at radius 2 is 1.77 bits per heavy atom. The molecule has 9 nitrogen and oxygen atoms in total. The standard InChI is InChI=1S/C17H16ClF3N4O5S/c1-16(2,3)30-15(27)25-31(28,29)12-8-9(6-7-22-12)23-14(26)10-4-5-11(17(19,20)21)24-13(10)18/h4-8H,1-3H3,(H,25,27)(H,22,23,26). The number of carbonyl (C=O) groups is 2. The number of carbonyl (C=O) groups excluding carboxylic acids is 2. The number of amides is 2. The molecule has 2 aromatic rings. The molecule has 2 heterocycles. The van der Waals surface area contributed by atoms with Crippen molar-refractivity contribution in [1.82, 2.24) is 14.7 Å². The number of aromatic nitrogens is 2. The van der Waals surface area contributed by atoms with E-state index in [1.165, 1.54) is 26.8 Å². The molecule has 0 spiro atoms. The molecule has 0 saturated carbocycles. The van der Waals surface area contributed by atoms with Crippen LogP contribution >= 0.6 is 11.6 Å². The molecule has 0 aliphatic heterocycles. The Morgan fingerprint density at radius 1 is 1.13 bits per heavy atom. The second kappa shape index (κ2) is 8.67. The van der Waals surface area contributed by atoms with Crippen LogP contribution in [0.4, 0.5) is 23.7 Å². The first-order chi connectivity index (χ1) is 14.1. The van der Waals surface area contributed by atoms with Gasteiger partial charge in [0.2, 0.25) is 0 Å². The maximum Gasteiger partial charge on any atom is 0.433 e. The molecule has 0 aromatic carbocycles. The Morgan fingerprint density at radius 3 is 2.32 bits per heavy atom. The van der Waals surface area contributed by atoms with Crippen molar-refractivity contribution in [3.05, 3.63) is 46.9 Å². The van der Waals surface area contributed by atoms with E-state index in [0.29, 0.717) is 6.07 Å². The lowest BCUT2D eigenvalue weighted by molar-refractivity contribution is -0.141. The first-order valence-corrected chi connectivity index (χ1v) is 10.2. The number of hydrogen-bond acceptors (Lipinski definition) is 7. The first-order valence-electron chi connectivity index (χ1n) is 8.35.